The second-order valence-corrected chi connectivity index (χ2v) is 6.32. The van der Waals surface area contributed by atoms with E-state index in [1.807, 2.05) is 0 Å². The van der Waals surface area contributed by atoms with Gasteiger partial charge in [0.2, 0.25) is 10.0 Å². The zero-order valence-corrected chi connectivity index (χ0v) is 11.9. The van der Waals surface area contributed by atoms with Crippen molar-refractivity contribution in [2.75, 3.05) is 4.72 Å². The van der Waals surface area contributed by atoms with Crippen molar-refractivity contribution in [2.24, 2.45) is 5.73 Å². The molecule has 0 amide bonds. The predicted octanol–water partition coefficient (Wildman–Crippen LogP) is 2.29. The third-order valence-electron chi connectivity index (χ3n) is 2.24. The zero-order valence-electron chi connectivity index (χ0n) is 9.48. The van der Waals surface area contributed by atoms with Crippen LogP contribution in [0.15, 0.2) is 18.2 Å². The smallest absolute Gasteiger partial charge is 0.242 e. The standard InChI is InChI=1S/C10H12ClFN2O2S2/c1-2-9(10(13)17)18(15,16)14-6-3-4-8(12)7(11)5-6/h3-5,9,14H,2H2,1H3,(H2,13,17). The summed E-state index contributed by atoms with van der Waals surface area (Å²) in [4.78, 5) is -0.113. The van der Waals surface area contributed by atoms with Gasteiger partial charge in [-0.15, -0.1) is 0 Å². The summed E-state index contributed by atoms with van der Waals surface area (Å²) < 4.78 is 39.1. The highest BCUT2D eigenvalue weighted by Gasteiger charge is 2.26. The molecule has 3 N–H and O–H groups in total. The van der Waals surface area contributed by atoms with Crippen LogP contribution in [0, 0.1) is 5.82 Å². The lowest BCUT2D eigenvalue weighted by Gasteiger charge is -2.16. The molecule has 0 fully saturated rings. The molecule has 1 rings (SSSR count). The van der Waals surface area contributed by atoms with Crippen molar-refractivity contribution in [3.8, 4) is 0 Å². The van der Waals surface area contributed by atoms with Crippen LogP contribution in [-0.2, 0) is 10.0 Å². The highest BCUT2D eigenvalue weighted by molar-refractivity contribution is 7.95. The van der Waals surface area contributed by atoms with Gasteiger partial charge in [0, 0.05) is 0 Å². The van der Waals surface area contributed by atoms with Crippen molar-refractivity contribution in [1.29, 1.82) is 0 Å². The van der Waals surface area contributed by atoms with Crippen molar-refractivity contribution in [1.82, 2.24) is 0 Å². The van der Waals surface area contributed by atoms with E-state index in [-0.39, 0.29) is 22.1 Å². The van der Waals surface area contributed by atoms with Crippen molar-refractivity contribution in [2.45, 2.75) is 18.6 Å². The summed E-state index contributed by atoms with van der Waals surface area (Å²) in [6, 6.07) is 3.52. The molecule has 0 aliphatic carbocycles. The largest absolute Gasteiger partial charge is 0.392 e. The third-order valence-corrected chi connectivity index (χ3v) is 4.82. The topological polar surface area (TPSA) is 72.2 Å². The van der Waals surface area contributed by atoms with Gasteiger partial charge in [0.1, 0.15) is 11.1 Å². The molecule has 1 unspecified atom stereocenters. The van der Waals surface area contributed by atoms with E-state index < -0.39 is 21.1 Å². The summed E-state index contributed by atoms with van der Waals surface area (Å²) in [7, 11) is -3.75. The number of rotatable bonds is 5. The van der Waals surface area contributed by atoms with Gasteiger partial charge in [-0.1, -0.05) is 30.7 Å². The Morgan fingerprint density at radius 1 is 1.61 bits per heavy atom. The maximum Gasteiger partial charge on any atom is 0.242 e. The molecule has 0 aliphatic heterocycles. The first-order valence-electron chi connectivity index (χ1n) is 5.04. The van der Waals surface area contributed by atoms with Crippen LogP contribution in [0.1, 0.15) is 13.3 Å². The molecule has 1 aromatic carbocycles. The summed E-state index contributed by atoms with van der Waals surface area (Å²) in [5.74, 6) is -0.624. The van der Waals surface area contributed by atoms with E-state index >= 15 is 0 Å². The van der Waals surface area contributed by atoms with Gasteiger partial charge in [-0.05, 0) is 24.6 Å². The van der Waals surface area contributed by atoms with Gasteiger partial charge >= 0.3 is 0 Å². The number of thiocarbonyl (C=S) groups is 1. The van der Waals surface area contributed by atoms with Crippen molar-refractivity contribution in [3.05, 3.63) is 29.0 Å². The van der Waals surface area contributed by atoms with Crippen LogP contribution in [0.2, 0.25) is 5.02 Å². The second kappa shape index (κ2) is 5.81. The fourth-order valence-electron chi connectivity index (χ4n) is 1.37. The first kappa shape index (κ1) is 15.1. The number of anilines is 1. The molecular formula is C10H12ClFN2O2S2. The normalized spacial score (nSPS) is 13.1. The summed E-state index contributed by atoms with van der Waals surface area (Å²) >= 11 is 10.3. The van der Waals surface area contributed by atoms with Gasteiger partial charge in [-0.3, -0.25) is 4.72 Å². The van der Waals surface area contributed by atoms with Gasteiger partial charge in [0.05, 0.1) is 15.7 Å². The van der Waals surface area contributed by atoms with Crippen molar-refractivity contribution in [3.63, 3.8) is 0 Å². The Labute approximate surface area is 115 Å². The maximum absolute atomic E-state index is 12.9. The highest BCUT2D eigenvalue weighted by atomic mass is 35.5. The number of hydrogen-bond acceptors (Lipinski definition) is 3. The van der Waals surface area contributed by atoms with E-state index in [1.165, 1.54) is 12.1 Å². The van der Waals surface area contributed by atoms with E-state index in [0.717, 1.165) is 6.07 Å². The minimum atomic E-state index is -3.75. The first-order valence-corrected chi connectivity index (χ1v) is 7.37. The average molecular weight is 311 g/mol. The number of halogens is 2. The van der Waals surface area contributed by atoms with E-state index in [4.69, 9.17) is 29.6 Å². The van der Waals surface area contributed by atoms with E-state index in [0.29, 0.717) is 0 Å². The molecule has 0 radical (unpaired) electrons. The van der Waals surface area contributed by atoms with Gasteiger partial charge in [0.15, 0.2) is 0 Å². The third kappa shape index (κ3) is 3.54. The quantitative estimate of drug-likeness (QED) is 0.819. The summed E-state index contributed by atoms with van der Waals surface area (Å²) in [6.45, 7) is 1.65. The molecule has 100 valence electrons. The molecule has 0 bridgehead atoms. The Kier molecular flexibility index (Phi) is 4.89. The molecule has 8 heteroatoms. The summed E-state index contributed by atoms with van der Waals surface area (Å²) in [5, 5.41) is -1.14. The Hall–Kier alpha value is -0.920. The van der Waals surface area contributed by atoms with Gasteiger partial charge in [-0.25, -0.2) is 12.8 Å². The fraction of sp³-hybridized carbons (Fsp3) is 0.300. The molecule has 0 saturated carbocycles. The van der Waals surface area contributed by atoms with Gasteiger partial charge in [-0.2, -0.15) is 0 Å². The van der Waals surface area contributed by atoms with Crippen molar-refractivity contribution >= 4 is 44.5 Å². The first-order chi connectivity index (χ1) is 8.27. The Morgan fingerprint density at radius 2 is 2.22 bits per heavy atom. The second-order valence-electron chi connectivity index (χ2n) is 3.58. The van der Waals surface area contributed by atoms with Gasteiger partial charge < -0.3 is 5.73 Å². The van der Waals surface area contributed by atoms with E-state index in [1.54, 1.807) is 6.92 Å². The monoisotopic (exact) mass is 310 g/mol. The molecule has 0 heterocycles. The molecule has 18 heavy (non-hydrogen) atoms. The number of benzene rings is 1. The zero-order chi connectivity index (χ0) is 13.9. The molecular weight excluding hydrogens is 299 g/mol. The SMILES string of the molecule is CCC(C(N)=S)S(=O)(=O)Nc1ccc(F)c(Cl)c1. The summed E-state index contributed by atoms with van der Waals surface area (Å²) in [6.07, 6.45) is 0.250. The van der Waals surface area contributed by atoms with E-state index in [9.17, 15) is 12.8 Å². The number of sulfonamides is 1. The molecule has 0 aromatic heterocycles. The minimum Gasteiger partial charge on any atom is -0.392 e. The molecule has 0 spiro atoms. The molecule has 1 aromatic rings. The lowest BCUT2D eigenvalue weighted by molar-refractivity contribution is 0.594. The Morgan fingerprint density at radius 3 is 2.67 bits per heavy atom. The average Bonchev–Trinajstić information content (AvgIpc) is 2.22. The number of nitrogens with two attached hydrogens (primary N) is 1. The molecule has 1 atom stereocenters. The number of hydrogen-bond donors (Lipinski definition) is 2. The van der Waals surface area contributed by atoms with Crippen molar-refractivity contribution < 1.29 is 12.8 Å². The molecule has 0 aliphatic rings. The van der Waals surface area contributed by atoms with Crippen LogP contribution in [-0.4, -0.2) is 18.7 Å². The van der Waals surface area contributed by atoms with Gasteiger partial charge in [0.25, 0.3) is 0 Å². The van der Waals surface area contributed by atoms with Crippen LogP contribution in [0.25, 0.3) is 0 Å². The fourth-order valence-corrected chi connectivity index (χ4v) is 3.44. The van der Waals surface area contributed by atoms with Crippen LogP contribution >= 0.6 is 23.8 Å². The number of nitrogens with one attached hydrogen (secondary N) is 1. The predicted molar refractivity (Wildman–Crippen MR) is 74.8 cm³/mol. The molecule has 4 nitrogen and oxygen atoms in total. The van der Waals surface area contributed by atoms with Crippen LogP contribution in [0.4, 0.5) is 10.1 Å². The van der Waals surface area contributed by atoms with Crippen LogP contribution < -0.4 is 10.5 Å². The maximum atomic E-state index is 12.9. The summed E-state index contributed by atoms with van der Waals surface area (Å²) in [5.41, 5.74) is 5.53. The van der Waals surface area contributed by atoms with E-state index in [2.05, 4.69) is 4.72 Å². The Bertz CT molecular complexity index is 563. The minimum absolute atomic E-state index is 0.113. The lowest BCUT2D eigenvalue weighted by atomic mass is 10.3. The van der Waals surface area contributed by atoms with Crippen LogP contribution in [0.3, 0.4) is 0 Å². The van der Waals surface area contributed by atoms with Crippen LogP contribution in [0.5, 0.6) is 0 Å². The molecule has 0 saturated heterocycles. The Balaban J connectivity index is 3.01. The lowest BCUT2D eigenvalue weighted by Crippen LogP contribution is -2.37. The highest BCUT2D eigenvalue weighted by Crippen LogP contribution is 2.21.